The minimum Gasteiger partial charge on any atom is -0.375 e. The number of fused-ring (bicyclic) bond motifs is 3. The fourth-order valence-electron chi connectivity index (χ4n) is 3.24. The van der Waals surface area contributed by atoms with Crippen molar-refractivity contribution in [3.05, 3.63) is 29.3 Å². The molecule has 3 rings (SSSR count). The van der Waals surface area contributed by atoms with Gasteiger partial charge in [0.25, 0.3) is 0 Å². The van der Waals surface area contributed by atoms with Crippen LogP contribution in [-0.4, -0.2) is 32.3 Å². The lowest BCUT2D eigenvalue weighted by atomic mass is 9.81. The number of hydrogen-bond acceptors (Lipinski definition) is 3. The average Bonchev–Trinajstić information content (AvgIpc) is 2.79. The van der Waals surface area contributed by atoms with Crippen molar-refractivity contribution in [2.45, 2.75) is 32.0 Å². The highest BCUT2D eigenvalue weighted by atomic mass is 35.5. The topological polar surface area (TPSA) is 24.5 Å². The highest BCUT2D eigenvalue weighted by Crippen LogP contribution is 2.43. The van der Waals surface area contributed by atoms with E-state index in [1.807, 2.05) is 0 Å². The molecule has 0 spiro atoms. The maximum Gasteiger partial charge on any atom is 0.0863 e. The van der Waals surface area contributed by atoms with Crippen LogP contribution in [0.3, 0.4) is 0 Å². The number of benzene rings is 1. The third-order valence-electron chi connectivity index (χ3n) is 4.56. The number of hydrogen-bond donors (Lipinski definition) is 1. The maximum atomic E-state index is 6.16. The second kappa shape index (κ2) is 6.52. The Morgan fingerprint density at radius 3 is 2.85 bits per heavy atom. The Balaban J connectivity index is 0.000001000. The van der Waals surface area contributed by atoms with Crippen LogP contribution in [0, 0.1) is 0 Å². The van der Waals surface area contributed by atoms with Crippen LogP contribution in [0.1, 0.15) is 30.9 Å². The molecular weight excluding hydrogens is 295 g/mol. The van der Waals surface area contributed by atoms with Gasteiger partial charge in [-0.15, -0.1) is 24.8 Å². The molecule has 2 heterocycles. The first-order valence-electron chi connectivity index (χ1n) is 6.83. The second-order valence-electron chi connectivity index (χ2n) is 5.64. The molecule has 1 aromatic carbocycles. The molecule has 0 aromatic heterocycles. The van der Waals surface area contributed by atoms with Crippen molar-refractivity contribution in [3.63, 3.8) is 0 Å². The predicted molar refractivity (Wildman–Crippen MR) is 88.7 cm³/mol. The lowest BCUT2D eigenvalue weighted by molar-refractivity contribution is -0.0515. The molecule has 1 saturated heterocycles. The first-order valence-corrected chi connectivity index (χ1v) is 6.83. The van der Waals surface area contributed by atoms with E-state index in [0.717, 1.165) is 26.2 Å². The van der Waals surface area contributed by atoms with Crippen molar-refractivity contribution in [2.75, 3.05) is 31.6 Å². The van der Waals surface area contributed by atoms with E-state index in [1.165, 1.54) is 16.8 Å². The van der Waals surface area contributed by atoms with Crippen molar-refractivity contribution in [2.24, 2.45) is 0 Å². The summed E-state index contributed by atoms with van der Waals surface area (Å²) in [5, 5.41) is 3.47. The zero-order valence-corrected chi connectivity index (χ0v) is 13.9. The van der Waals surface area contributed by atoms with Gasteiger partial charge in [0.1, 0.15) is 0 Å². The summed E-state index contributed by atoms with van der Waals surface area (Å²) in [7, 11) is 2.15. The van der Waals surface area contributed by atoms with Crippen LogP contribution in [0.25, 0.3) is 0 Å². The number of halogens is 2. The largest absolute Gasteiger partial charge is 0.375 e. The molecule has 114 valence electrons. The quantitative estimate of drug-likeness (QED) is 0.907. The number of nitrogens with zero attached hydrogens (tertiary/aromatic N) is 1. The van der Waals surface area contributed by atoms with E-state index >= 15 is 0 Å². The fraction of sp³-hybridized carbons (Fsp3) is 0.600. The van der Waals surface area contributed by atoms with Gasteiger partial charge in [0, 0.05) is 43.9 Å². The third-order valence-corrected chi connectivity index (χ3v) is 4.56. The zero-order chi connectivity index (χ0) is 12.8. The lowest BCUT2D eigenvalue weighted by Gasteiger charge is -2.38. The smallest absolute Gasteiger partial charge is 0.0863 e. The highest BCUT2D eigenvalue weighted by Gasteiger charge is 2.44. The summed E-state index contributed by atoms with van der Waals surface area (Å²) in [6.45, 7) is 8.18. The minimum absolute atomic E-state index is 0. The summed E-state index contributed by atoms with van der Waals surface area (Å²) < 4.78 is 6.16. The number of anilines is 1. The van der Waals surface area contributed by atoms with Crippen LogP contribution >= 0.6 is 24.8 Å². The maximum absolute atomic E-state index is 6.16. The van der Waals surface area contributed by atoms with Crippen molar-refractivity contribution in [1.82, 2.24) is 5.32 Å². The van der Waals surface area contributed by atoms with Crippen molar-refractivity contribution in [1.29, 1.82) is 0 Å². The SMILES string of the molecule is CCN(C)c1cccc2c1CO[C@]1(C)CNC[C@H]21.Cl.Cl. The van der Waals surface area contributed by atoms with Crippen LogP contribution in [0.5, 0.6) is 0 Å². The van der Waals surface area contributed by atoms with E-state index in [4.69, 9.17) is 4.74 Å². The normalized spacial score (nSPS) is 26.9. The number of ether oxygens (including phenoxy) is 1. The number of nitrogens with one attached hydrogen (secondary N) is 1. The average molecular weight is 319 g/mol. The van der Waals surface area contributed by atoms with Crippen LogP contribution in [0.15, 0.2) is 18.2 Å². The second-order valence-corrected chi connectivity index (χ2v) is 5.64. The summed E-state index contributed by atoms with van der Waals surface area (Å²) in [5.41, 5.74) is 4.17. The van der Waals surface area contributed by atoms with E-state index in [1.54, 1.807) is 0 Å². The Morgan fingerprint density at radius 2 is 2.15 bits per heavy atom. The number of rotatable bonds is 2. The molecule has 0 bridgehead atoms. The van der Waals surface area contributed by atoms with Crippen molar-refractivity contribution >= 4 is 30.5 Å². The van der Waals surface area contributed by atoms with Crippen molar-refractivity contribution in [3.8, 4) is 0 Å². The molecule has 0 amide bonds. The van der Waals surface area contributed by atoms with E-state index in [0.29, 0.717) is 5.92 Å². The molecule has 20 heavy (non-hydrogen) atoms. The van der Waals surface area contributed by atoms with Gasteiger partial charge in [-0.1, -0.05) is 12.1 Å². The molecule has 1 N–H and O–H groups in total. The van der Waals surface area contributed by atoms with Gasteiger partial charge >= 0.3 is 0 Å². The monoisotopic (exact) mass is 318 g/mol. The molecule has 5 heteroatoms. The molecule has 2 aliphatic rings. The van der Waals surface area contributed by atoms with Crippen molar-refractivity contribution < 1.29 is 4.74 Å². The predicted octanol–water partition coefficient (Wildman–Crippen LogP) is 2.96. The minimum atomic E-state index is -0.0175. The van der Waals surface area contributed by atoms with E-state index in [-0.39, 0.29) is 30.4 Å². The summed E-state index contributed by atoms with van der Waals surface area (Å²) in [4.78, 5) is 2.30. The van der Waals surface area contributed by atoms with Crippen LogP contribution in [0.2, 0.25) is 0 Å². The Labute approximate surface area is 133 Å². The van der Waals surface area contributed by atoms with Gasteiger partial charge in [0.05, 0.1) is 12.2 Å². The highest BCUT2D eigenvalue weighted by molar-refractivity contribution is 5.85. The molecule has 0 saturated carbocycles. The molecule has 2 atom stereocenters. The van der Waals surface area contributed by atoms with Crippen LogP contribution in [0.4, 0.5) is 5.69 Å². The Bertz CT molecular complexity index is 469. The van der Waals surface area contributed by atoms with Gasteiger partial charge in [0.2, 0.25) is 0 Å². The lowest BCUT2D eigenvalue weighted by Crippen LogP contribution is -2.40. The molecule has 1 fully saturated rings. The molecular formula is C15H24Cl2N2O. The Kier molecular flexibility index (Phi) is 5.73. The van der Waals surface area contributed by atoms with E-state index < -0.39 is 0 Å². The Hall–Kier alpha value is -0.480. The summed E-state index contributed by atoms with van der Waals surface area (Å²) in [6, 6.07) is 6.67. The van der Waals surface area contributed by atoms with Gasteiger partial charge in [-0.2, -0.15) is 0 Å². The van der Waals surface area contributed by atoms with Gasteiger partial charge in [0.15, 0.2) is 0 Å². The van der Waals surface area contributed by atoms with Gasteiger partial charge in [-0.05, 0) is 25.5 Å². The first-order chi connectivity index (χ1) is 8.65. The van der Waals surface area contributed by atoms with Gasteiger partial charge in [-0.3, -0.25) is 0 Å². The zero-order valence-electron chi connectivity index (χ0n) is 12.3. The molecule has 1 aromatic rings. The third kappa shape index (κ3) is 2.64. The molecule has 0 radical (unpaired) electrons. The Morgan fingerprint density at radius 1 is 1.40 bits per heavy atom. The van der Waals surface area contributed by atoms with E-state index in [2.05, 4.69) is 49.3 Å². The fourth-order valence-corrected chi connectivity index (χ4v) is 3.24. The summed E-state index contributed by atoms with van der Waals surface area (Å²) >= 11 is 0. The molecule has 0 aliphatic carbocycles. The first kappa shape index (κ1) is 17.6. The summed E-state index contributed by atoms with van der Waals surface area (Å²) in [6.07, 6.45) is 0. The molecule has 3 nitrogen and oxygen atoms in total. The van der Waals surface area contributed by atoms with Crippen LogP contribution < -0.4 is 10.2 Å². The van der Waals surface area contributed by atoms with Gasteiger partial charge < -0.3 is 15.0 Å². The summed E-state index contributed by atoms with van der Waals surface area (Å²) in [5.74, 6) is 0.492. The van der Waals surface area contributed by atoms with Gasteiger partial charge in [-0.25, -0.2) is 0 Å². The van der Waals surface area contributed by atoms with Crippen LogP contribution in [-0.2, 0) is 11.3 Å². The standard InChI is InChI=1S/C15H22N2O.2ClH/c1-4-17(3)14-7-5-6-11-12(14)9-18-15(2)10-16-8-13(11)15;;/h5-7,13,16H,4,8-10H2,1-3H3;2*1H/t13-,15-;;/m1../s1. The molecule has 0 unspecified atom stereocenters. The molecule has 2 aliphatic heterocycles. The van der Waals surface area contributed by atoms with E-state index in [9.17, 15) is 0 Å².